The van der Waals surface area contributed by atoms with E-state index in [-0.39, 0.29) is 5.54 Å². The molecule has 0 amide bonds. The smallest absolute Gasteiger partial charge is 0.318 e. The molecule has 3 aromatic rings. The number of aryl methyl sites for hydroxylation is 1. The highest BCUT2D eigenvalue weighted by molar-refractivity contribution is 5.97. The van der Waals surface area contributed by atoms with Gasteiger partial charge in [-0.2, -0.15) is 9.97 Å². The second-order valence-corrected chi connectivity index (χ2v) is 12.8. The molecule has 210 valence electrons. The molecule has 5 aliphatic heterocycles. The second kappa shape index (κ2) is 9.88. The number of anilines is 2. The largest absolute Gasteiger partial charge is 0.461 e. The molecule has 0 radical (unpaired) electrons. The average Bonchev–Trinajstić information content (AvgIpc) is 3.68. The van der Waals surface area contributed by atoms with Crippen LogP contribution in [0.15, 0.2) is 36.4 Å². The highest BCUT2D eigenvalue weighted by Gasteiger charge is 2.45. The van der Waals surface area contributed by atoms with Gasteiger partial charge < -0.3 is 19.9 Å². The van der Waals surface area contributed by atoms with Crippen molar-refractivity contribution in [1.29, 1.82) is 0 Å². The molecule has 8 rings (SSSR count). The van der Waals surface area contributed by atoms with Gasteiger partial charge in [-0.25, -0.2) is 0 Å². The fourth-order valence-corrected chi connectivity index (χ4v) is 8.51. The van der Waals surface area contributed by atoms with Crippen LogP contribution in [0.4, 0.5) is 11.5 Å². The Hall–Kier alpha value is -2.90. The van der Waals surface area contributed by atoms with Crippen molar-refractivity contribution in [2.75, 3.05) is 49.1 Å². The first kappa shape index (κ1) is 24.9. The van der Waals surface area contributed by atoms with Crippen molar-refractivity contribution in [3.8, 4) is 6.01 Å². The van der Waals surface area contributed by atoms with Gasteiger partial charge in [-0.1, -0.05) is 37.3 Å². The number of aromatic nitrogens is 2. The SMILES string of the molecule is CCc1cccc2cccc(N3CCc4c(nc(OCC56CCCN5CCC6)nc4N4C[C@H]5CC[C@@H](C4)N5)C3)c12. The summed E-state index contributed by atoms with van der Waals surface area (Å²) in [6.07, 6.45) is 9.57. The first-order valence-electron chi connectivity index (χ1n) is 15.7. The van der Waals surface area contributed by atoms with Crippen molar-refractivity contribution in [1.82, 2.24) is 20.2 Å². The normalized spacial score (nSPS) is 25.4. The van der Waals surface area contributed by atoms with Crippen LogP contribution >= 0.6 is 0 Å². The van der Waals surface area contributed by atoms with Gasteiger partial charge in [0.2, 0.25) is 0 Å². The molecule has 0 spiro atoms. The number of fused-ring (bicyclic) bond motifs is 5. The van der Waals surface area contributed by atoms with Crippen LogP contribution in [0.1, 0.15) is 62.3 Å². The Morgan fingerprint density at radius 1 is 0.950 bits per heavy atom. The zero-order valence-corrected chi connectivity index (χ0v) is 23.9. The molecule has 6 heterocycles. The third kappa shape index (κ3) is 4.16. The molecular formula is C33H42N6O. The summed E-state index contributed by atoms with van der Waals surface area (Å²) in [6, 6.07) is 15.2. The number of rotatable bonds is 6. The van der Waals surface area contributed by atoms with E-state index in [1.807, 2.05) is 0 Å². The number of hydrogen-bond donors (Lipinski definition) is 1. The Bertz CT molecular complexity index is 1400. The Labute approximate surface area is 237 Å². The molecule has 7 nitrogen and oxygen atoms in total. The monoisotopic (exact) mass is 538 g/mol. The van der Waals surface area contributed by atoms with Gasteiger partial charge in [0, 0.05) is 48.4 Å². The molecule has 2 aromatic carbocycles. The van der Waals surface area contributed by atoms with Crippen molar-refractivity contribution in [3.63, 3.8) is 0 Å². The lowest BCUT2D eigenvalue weighted by Gasteiger charge is -2.38. The minimum Gasteiger partial charge on any atom is -0.461 e. The van der Waals surface area contributed by atoms with Crippen LogP contribution in [0.25, 0.3) is 10.8 Å². The van der Waals surface area contributed by atoms with Crippen molar-refractivity contribution >= 4 is 22.3 Å². The summed E-state index contributed by atoms with van der Waals surface area (Å²) in [4.78, 5) is 18.1. The summed E-state index contributed by atoms with van der Waals surface area (Å²) in [5.41, 5.74) is 5.42. The molecule has 0 aliphatic carbocycles. The first-order chi connectivity index (χ1) is 19.7. The summed E-state index contributed by atoms with van der Waals surface area (Å²) >= 11 is 0. The summed E-state index contributed by atoms with van der Waals surface area (Å²) in [6.45, 7) is 9.24. The van der Waals surface area contributed by atoms with E-state index in [0.29, 0.717) is 24.7 Å². The predicted octanol–water partition coefficient (Wildman–Crippen LogP) is 4.70. The lowest BCUT2D eigenvalue weighted by atomic mass is 9.95. The maximum Gasteiger partial charge on any atom is 0.318 e. The lowest BCUT2D eigenvalue weighted by Crippen LogP contribution is -2.52. The summed E-state index contributed by atoms with van der Waals surface area (Å²) in [5, 5.41) is 6.51. The fourth-order valence-electron chi connectivity index (χ4n) is 8.51. The van der Waals surface area contributed by atoms with Gasteiger partial charge in [-0.05, 0) is 81.5 Å². The minimum absolute atomic E-state index is 0.194. The van der Waals surface area contributed by atoms with Crippen molar-refractivity contribution in [2.45, 2.75) is 82.5 Å². The van der Waals surface area contributed by atoms with Gasteiger partial charge in [0.15, 0.2) is 0 Å². The zero-order chi connectivity index (χ0) is 26.7. The zero-order valence-electron chi connectivity index (χ0n) is 23.9. The van der Waals surface area contributed by atoms with Crippen LogP contribution in [0, 0.1) is 0 Å². The molecule has 1 N–H and O–H groups in total. The van der Waals surface area contributed by atoms with Crippen LogP contribution < -0.4 is 19.9 Å². The van der Waals surface area contributed by atoms with E-state index >= 15 is 0 Å². The van der Waals surface area contributed by atoms with Crippen LogP contribution in [-0.2, 0) is 19.4 Å². The highest BCUT2D eigenvalue weighted by atomic mass is 16.5. The van der Waals surface area contributed by atoms with E-state index in [9.17, 15) is 0 Å². The van der Waals surface area contributed by atoms with Crippen molar-refractivity contribution in [3.05, 3.63) is 53.2 Å². The van der Waals surface area contributed by atoms with Gasteiger partial charge in [0.05, 0.1) is 17.8 Å². The molecular weight excluding hydrogens is 496 g/mol. The second-order valence-electron chi connectivity index (χ2n) is 12.8. The molecule has 40 heavy (non-hydrogen) atoms. The molecule has 4 fully saturated rings. The van der Waals surface area contributed by atoms with E-state index in [4.69, 9.17) is 14.7 Å². The molecule has 1 aromatic heterocycles. The number of piperazine rings is 1. The molecule has 0 saturated carbocycles. The Balaban J connectivity index is 1.15. The van der Waals surface area contributed by atoms with Gasteiger partial charge in [0.1, 0.15) is 12.4 Å². The molecule has 4 saturated heterocycles. The summed E-state index contributed by atoms with van der Waals surface area (Å²) in [7, 11) is 0. The van der Waals surface area contributed by atoms with E-state index in [0.717, 1.165) is 50.5 Å². The standard InChI is InChI=1S/C33H42N6O/c1-2-23-7-3-8-24-9-4-10-29(30(23)24)37-18-13-27-28(21-37)35-32(40-22-33-14-5-16-39(33)17-6-15-33)36-31(27)38-19-25-11-12-26(20-38)34-25/h3-4,7-10,25-26,34H,2,5-6,11-22H2,1H3/t25-,26+. The lowest BCUT2D eigenvalue weighted by molar-refractivity contribution is 0.107. The van der Waals surface area contributed by atoms with Gasteiger partial charge in [-0.3, -0.25) is 4.90 Å². The minimum atomic E-state index is 0.194. The number of ether oxygens (including phenoxy) is 1. The molecule has 2 bridgehead atoms. The van der Waals surface area contributed by atoms with Crippen LogP contribution in [-0.4, -0.2) is 71.8 Å². The van der Waals surface area contributed by atoms with Crippen molar-refractivity contribution < 1.29 is 4.74 Å². The predicted molar refractivity (Wildman–Crippen MR) is 161 cm³/mol. The highest BCUT2D eigenvalue weighted by Crippen LogP contribution is 2.40. The third-order valence-electron chi connectivity index (χ3n) is 10.5. The van der Waals surface area contributed by atoms with E-state index < -0.39 is 0 Å². The molecule has 2 atom stereocenters. The maximum atomic E-state index is 6.58. The van der Waals surface area contributed by atoms with Crippen LogP contribution in [0.5, 0.6) is 6.01 Å². The van der Waals surface area contributed by atoms with Gasteiger partial charge in [-0.15, -0.1) is 0 Å². The van der Waals surface area contributed by atoms with Crippen LogP contribution in [0.3, 0.4) is 0 Å². The molecule has 5 aliphatic rings. The van der Waals surface area contributed by atoms with Crippen LogP contribution in [0.2, 0.25) is 0 Å². The number of nitrogens with zero attached hydrogens (tertiary/aromatic N) is 5. The number of nitrogens with one attached hydrogen (secondary N) is 1. The van der Waals surface area contributed by atoms with Gasteiger partial charge in [0.25, 0.3) is 0 Å². The number of hydrogen-bond acceptors (Lipinski definition) is 7. The fraction of sp³-hybridized carbons (Fsp3) is 0.576. The van der Waals surface area contributed by atoms with Crippen molar-refractivity contribution in [2.24, 2.45) is 0 Å². The summed E-state index contributed by atoms with van der Waals surface area (Å²) in [5.74, 6) is 1.14. The third-order valence-corrected chi connectivity index (χ3v) is 10.5. The van der Waals surface area contributed by atoms with E-state index in [1.54, 1.807) is 0 Å². The Kier molecular flexibility index (Phi) is 6.14. The molecule has 0 unspecified atom stereocenters. The Morgan fingerprint density at radius 2 is 1.73 bits per heavy atom. The van der Waals surface area contributed by atoms with E-state index in [2.05, 4.69) is 63.3 Å². The number of benzene rings is 2. The maximum absolute atomic E-state index is 6.58. The quantitative estimate of drug-likeness (QED) is 0.488. The average molecular weight is 539 g/mol. The molecule has 7 heteroatoms. The van der Waals surface area contributed by atoms with E-state index in [1.165, 1.54) is 79.2 Å². The Morgan fingerprint density at radius 3 is 2.50 bits per heavy atom. The first-order valence-corrected chi connectivity index (χ1v) is 15.7. The van der Waals surface area contributed by atoms with Gasteiger partial charge >= 0.3 is 6.01 Å². The summed E-state index contributed by atoms with van der Waals surface area (Å²) < 4.78 is 6.58. The topological polar surface area (TPSA) is 56.8 Å².